The quantitative estimate of drug-likeness (QED) is 0.744. The topological polar surface area (TPSA) is 21.3 Å². The molecule has 0 amide bonds. The summed E-state index contributed by atoms with van der Waals surface area (Å²) < 4.78 is 41.5. The molecule has 0 saturated carbocycles. The van der Waals surface area contributed by atoms with Crippen LogP contribution in [0.25, 0.3) is 0 Å². The summed E-state index contributed by atoms with van der Waals surface area (Å²) in [4.78, 5) is 0. The van der Waals surface area contributed by atoms with Crippen LogP contribution < -0.4 is 5.32 Å². The van der Waals surface area contributed by atoms with Gasteiger partial charge in [0, 0.05) is 19.1 Å². The lowest BCUT2D eigenvalue weighted by Gasteiger charge is -2.32. The first-order chi connectivity index (χ1) is 8.38. The second-order valence-electron chi connectivity index (χ2n) is 5.40. The van der Waals surface area contributed by atoms with Gasteiger partial charge in [-0.05, 0) is 38.1 Å². The molecular weight excluding hydrogens is 243 g/mol. The van der Waals surface area contributed by atoms with Crippen molar-refractivity contribution < 1.29 is 17.9 Å². The zero-order valence-corrected chi connectivity index (χ0v) is 11.2. The van der Waals surface area contributed by atoms with E-state index in [4.69, 9.17) is 4.74 Å². The minimum absolute atomic E-state index is 0.216. The van der Waals surface area contributed by atoms with Gasteiger partial charge in [-0.2, -0.15) is 13.2 Å². The highest BCUT2D eigenvalue weighted by Crippen LogP contribution is 2.22. The van der Waals surface area contributed by atoms with Gasteiger partial charge in [-0.25, -0.2) is 0 Å². The molecule has 2 unspecified atom stereocenters. The Labute approximate surface area is 107 Å². The third-order valence-electron chi connectivity index (χ3n) is 3.38. The van der Waals surface area contributed by atoms with E-state index >= 15 is 0 Å². The Morgan fingerprint density at radius 1 is 1.28 bits per heavy atom. The maximum atomic E-state index is 11.9. The number of hydrogen-bond donors (Lipinski definition) is 1. The maximum Gasteiger partial charge on any atom is 0.389 e. The molecule has 0 bridgehead atoms. The highest BCUT2D eigenvalue weighted by atomic mass is 19.4. The van der Waals surface area contributed by atoms with E-state index in [0.717, 1.165) is 19.4 Å². The standard InChI is InChI=1S/C13H24F3NO/c1-10(2)12-9-11(5-8-18-12)17-7-4-3-6-13(14,15)16/h10-12,17H,3-9H2,1-2H3. The fraction of sp³-hybridized carbons (Fsp3) is 1.00. The minimum Gasteiger partial charge on any atom is -0.378 e. The van der Waals surface area contributed by atoms with Crippen molar-refractivity contribution in [3.8, 4) is 0 Å². The number of alkyl halides is 3. The van der Waals surface area contributed by atoms with E-state index in [2.05, 4.69) is 19.2 Å². The number of halogens is 3. The van der Waals surface area contributed by atoms with E-state index in [1.54, 1.807) is 0 Å². The van der Waals surface area contributed by atoms with Crippen LogP contribution in [0.5, 0.6) is 0 Å². The van der Waals surface area contributed by atoms with Crippen molar-refractivity contribution in [2.24, 2.45) is 5.92 Å². The molecule has 0 aromatic carbocycles. The van der Waals surface area contributed by atoms with Gasteiger partial charge in [0.2, 0.25) is 0 Å². The first-order valence-corrected chi connectivity index (χ1v) is 6.80. The smallest absolute Gasteiger partial charge is 0.378 e. The van der Waals surface area contributed by atoms with Crippen LogP contribution >= 0.6 is 0 Å². The van der Waals surface area contributed by atoms with Crippen LogP contribution in [0.1, 0.15) is 46.0 Å². The Kier molecular flexibility index (Phi) is 6.43. The molecular formula is C13H24F3NO. The Hall–Kier alpha value is -0.290. The van der Waals surface area contributed by atoms with E-state index in [0.29, 0.717) is 24.9 Å². The molecule has 1 fully saturated rings. The van der Waals surface area contributed by atoms with E-state index in [9.17, 15) is 13.2 Å². The van der Waals surface area contributed by atoms with Gasteiger partial charge < -0.3 is 10.1 Å². The van der Waals surface area contributed by atoms with E-state index < -0.39 is 12.6 Å². The van der Waals surface area contributed by atoms with Gasteiger partial charge in [-0.1, -0.05) is 13.8 Å². The van der Waals surface area contributed by atoms with Crippen LogP contribution in [0.2, 0.25) is 0 Å². The molecule has 5 heteroatoms. The van der Waals surface area contributed by atoms with Gasteiger partial charge in [0.25, 0.3) is 0 Å². The van der Waals surface area contributed by atoms with Crippen LogP contribution in [0.15, 0.2) is 0 Å². The summed E-state index contributed by atoms with van der Waals surface area (Å²) in [5, 5.41) is 3.35. The van der Waals surface area contributed by atoms with Gasteiger partial charge in [-0.15, -0.1) is 0 Å². The summed E-state index contributed by atoms with van der Waals surface area (Å²) in [5.74, 6) is 0.500. The molecule has 108 valence electrons. The molecule has 0 aromatic heterocycles. The van der Waals surface area contributed by atoms with Crippen molar-refractivity contribution in [2.45, 2.75) is 64.3 Å². The Bertz CT molecular complexity index is 231. The van der Waals surface area contributed by atoms with Crippen molar-refractivity contribution in [2.75, 3.05) is 13.2 Å². The lowest BCUT2D eigenvalue weighted by atomic mass is 9.95. The molecule has 1 saturated heterocycles. The Balaban J connectivity index is 2.08. The molecule has 1 N–H and O–H groups in total. The second-order valence-corrected chi connectivity index (χ2v) is 5.40. The van der Waals surface area contributed by atoms with Crippen LogP contribution in [-0.2, 0) is 4.74 Å². The van der Waals surface area contributed by atoms with Crippen LogP contribution in [0.3, 0.4) is 0 Å². The summed E-state index contributed by atoms with van der Waals surface area (Å²) in [7, 11) is 0. The molecule has 1 aliphatic rings. The van der Waals surface area contributed by atoms with Crippen molar-refractivity contribution in [3.05, 3.63) is 0 Å². The SMILES string of the molecule is CC(C)C1CC(NCCCCC(F)(F)F)CCO1. The van der Waals surface area contributed by atoms with E-state index in [1.165, 1.54) is 0 Å². The highest BCUT2D eigenvalue weighted by Gasteiger charge is 2.26. The summed E-state index contributed by atoms with van der Waals surface area (Å²) in [6.07, 6.45) is -1.67. The minimum atomic E-state index is -4.01. The van der Waals surface area contributed by atoms with Gasteiger partial charge in [0.05, 0.1) is 6.10 Å². The summed E-state index contributed by atoms with van der Waals surface area (Å²) in [6.45, 7) is 5.70. The third-order valence-corrected chi connectivity index (χ3v) is 3.38. The molecule has 1 rings (SSSR count). The molecule has 0 aromatic rings. The summed E-state index contributed by atoms with van der Waals surface area (Å²) in [5.41, 5.74) is 0. The number of ether oxygens (including phenoxy) is 1. The second kappa shape index (κ2) is 7.34. The predicted octanol–water partition coefficient (Wildman–Crippen LogP) is 3.51. The maximum absolute atomic E-state index is 11.9. The summed E-state index contributed by atoms with van der Waals surface area (Å²) >= 11 is 0. The number of rotatable bonds is 6. The van der Waals surface area contributed by atoms with E-state index in [-0.39, 0.29) is 12.5 Å². The average Bonchev–Trinajstić information content (AvgIpc) is 2.27. The largest absolute Gasteiger partial charge is 0.389 e. The molecule has 18 heavy (non-hydrogen) atoms. The zero-order valence-electron chi connectivity index (χ0n) is 11.2. The number of nitrogens with one attached hydrogen (secondary N) is 1. The lowest BCUT2D eigenvalue weighted by molar-refractivity contribution is -0.135. The van der Waals surface area contributed by atoms with Gasteiger partial charge >= 0.3 is 6.18 Å². The highest BCUT2D eigenvalue weighted by molar-refractivity contribution is 4.78. The molecule has 1 heterocycles. The molecule has 1 aliphatic heterocycles. The predicted molar refractivity (Wildman–Crippen MR) is 65.5 cm³/mol. The normalized spacial score (nSPS) is 25.7. The van der Waals surface area contributed by atoms with Crippen molar-refractivity contribution in [1.82, 2.24) is 5.32 Å². The fourth-order valence-electron chi connectivity index (χ4n) is 2.23. The van der Waals surface area contributed by atoms with Crippen molar-refractivity contribution in [1.29, 1.82) is 0 Å². The fourth-order valence-corrected chi connectivity index (χ4v) is 2.23. The monoisotopic (exact) mass is 267 g/mol. The van der Waals surface area contributed by atoms with Crippen molar-refractivity contribution >= 4 is 0 Å². The van der Waals surface area contributed by atoms with Gasteiger partial charge in [-0.3, -0.25) is 0 Å². The lowest BCUT2D eigenvalue weighted by Crippen LogP contribution is -2.41. The van der Waals surface area contributed by atoms with Gasteiger partial charge in [0.15, 0.2) is 0 Å². The van der Waals surface area contributed by atoms with Crippen molar-refractivity contribution in [3.63, 3.8) is 0 Å². The third kappa shape index (κ3) is 6.59. The first-order valence-electron chi connectivity index (χ1n) is 6.80. The summed E-state index contributed by atoms with van der Waals surface area (Å²) in [6, 6.07) is 0.400. The van der Waals surface area contributed by atoms with Gasteiger partial charge in [0.1, 0.15) is 0 Å². The Morgan fingerprint density at radius 3 is 2.61 bits per heavy atom. The molecule has 2 atom stereocenters. The zero-order chi connectivity index (χ0) is 13.6. The van der Waals surface area contributed by atoms with Crippen LogP contribution in [-0.4, -0.2) is 31.5 Å². The molecule has 0 aliphatic carbocycles. The number of hydrogen-bond acceptors (Lipinski definition) is 2. The Morgan fingerprint density at radius 2 is 2.00 bits per heavy atom. The molecule has 0 radical (unpaired) electrons. The first kappa shape index (κ1) is 15.8. The van der Waals surface area contributed by atoms with Crippen LogP contribution in [0, 0.1) is 5.92 Å². The van der Waals surface area contributed by atoms with Crippen LogP contribution in [0.4, 0.5) is 13.2 Å². The molecule has 2 nitrogen and oxygen atoms in total. The molecule has 0 spiro atoms. The van der Waals surface area contributed by atoms with E-state index in [1.807, 2.05) is 0 Å². The average molecular weight is 267 g/mol. The number of unbranched alkanes of at least 4 members (excludes halogenated alkanes) is 1.